The fourth-order valence-corrected chi connectivity index (χ4v) is 9.21. The Morgan fingerprint density at radius 1 is 0.367 bits per heavy atom. The standard InChI is InChI=1S/C34H42N12.C30H34N4.C6H10N4/c35-31(36)43-16-12-27-10-8-25(21-29(27)14-18-45-33(39)40)6-4-23-2-1-3-24(20-23)5-7-26-9-11-28(13-17-44-32(37)38)30(22-26)15-19-46-34(41)42;31-16-12-27-10-8-25(21-29(27)14-18-33)6-4-23-2-1-3-24(20-23)5-7-26-9-11-28(13-17-32)30(22-26)15-19-34;1-7-6(8-2)10-5-3-4-9-10/h1-3,8-11,20-22H,12-19H2,(H4,35,36,43)(H4,37,38,44)(H4,39,40,45)(H4,41,42,46);1-3,8-11,20-22H,12-19,31-34H2;3-5H,1-2H3,(H,7,8). The molecule has 0 amide bonds. The van der Waals surface area contributed by atoms with Crippen molar-refractivity contribution >= 4 is 29.8 Å². The van der Waals surface area contributed by atoms with Gasteiger partial charge in [-0.1, -0.05) is 83.8 Å². The van der Waals surface area contributed by atoms with Crippen LogP contribution in [0.4, 0.5) is 0 Å². The SMILES string of the molecule is CN=C(NC)n1cccn1.NC(N)=NCCc1ccc(C#Cc2cccc(C#Cc3ccc(CCN=C(N)N)c(CCN=C(N)N)c3)c2)cc1CCN=C(N)N.NCCc1ccc(C#Cc2cccc(C#Cc3ccc(CCN)c(CCN)c3)c2)cc1CCN. The molecule has 1 heterocycles. The van der Waals surface area contributed by atoms with Crippen LogP contribution in [0.15, 0.2) is 165 Å². The molecule has 0 saturated heterocycles. The summed E-state index contributed by atoms with van der Waals surface area (Å²) in [6.07, 6.45) is 9.59. The lowest BCUT2D eigenvalue weighted by Gasteiger charge is -2.09. The van der Waals surface area contributed by atoms with Crippen molar-refractivity contribution in [2.24, 2.45) is 93.8 Å². The predicted molar refractivity (Wildman–Crippen MR) is 371 cm³/mol. The first-order valence-electron chi connectivity index (χ1n) is 29.6. The first kappa shape index (κ1) is 69.9. The Morgan fingerprint density at radius 2 is 0.633 bits per heavy atom. The van der Waals surface area contributed by atoms with E-state index in [1.807, 2.05) is 92.1 Å². The van der Waals surface area contributed by atoms with Crippen LogP contribution in [0.1, 0.15) is 89.0 Å². The molecular weight excluding hydrogens is 1120 g/mol. The minimum atomic E-state index is 0.0563. The van der Waals surface area contributed by atoms with Crippen LogP contribution in [-0.4, -0.2) is 106 Å². The number of rotatable bonds is 20. The quantitative estimate of drug-likeness (QED) is 0.0296. The maximum atomic E-state index is 5.78. The third kappa shape index (κ3) is 25.6. The maximum absolute atomic E-state index is 5.78. The van der Waals surface area contributed by atoms with Crippen molar-refractivity contribution in [1.29, 1.82) is 0 Å². The van der Waals surface area contributed by atoms with E-state index in [1.165, 1.54) is 22.3 Å². The normalized spacial score (nSPS) is 10.2. The van der Waals surface area contributed by atoms with Crippen LogP contribution in [0.5, 0.6) is 0 Å². The number of nitrogens with two attached hydrogens (primary N) is 12. The third-order valence-corrected chi connectivity index (χ3v) is 13.5. The molecule has 0 saturated carbocycles. The monoisotopic (exact) mass is 1210 g/mol. The smallest absolute Gasteiger partial charge is 0.218 e. The van der Waals surface area contributed by atoms with Crippen molar-refractivity contribution in [3.05, 3.63) is 229 Å². The molecule has 20 heteroatoms. The van der Waals surface area contributed by atoms with Gasteiger partial charge in [-0.3, -0.25) is 25.0 Å². The van der Waals surface area contributed by atoms with Gasteiger partial charge in [0.2, 0.25) is 5.96 Å². The lowest BCUT2D eigenvalue weighted by atomic mass is 9.98. The minimum absolute atomic E-state index is 0.0563. The van der Waals surface area contributed by atoms with E-state index in [-0.39, 0.29) is 23.8 Å². The average molecular weight is 1210 g/mol. The van der Waals surface area contributed by atoms with Gasteiger partial charge in [0.25, 0.3) is 0 Å². The molecule has 0 spiro atoms. The highest BCUT2D eigenvalue weighted by Crippen LogP contribution is 2.18. The van der Waals surface area contributed by atoms with Crippen LogP contribution >= 0.6 is 0 Å². The molecule has 25 N–H and O–H groups in total. The first-order valence-corrected chi connectivity index (χ1v) is 29.6. The van der Waals surface area contributed by atoms with E-state index in [0.717, 1.165) is 98.4 Å². The Bertz CT molecular complexity index is 3630. The summed E-state index contributed by atoms with van der Waals surface area (Å²) in [5.41, 5.74) is 83.6. The number of aromatic nitrogens is 2. The van der Waals surface area contributed by atoms with Gasteiger partial charge in [0.15, 0.2) is 23.8 Å². The second kappa shape index (κ2) is 39.1. The first-order chi connectivity index (χ1) is 43.6. The Balaban J connectivity index is 0.000000291. The zero-order valence-electron chi connectivity index (χ0n) is 51.7. The van der Waals surface area contributed by atoms with Gasteiger partial charge in [0.05, 0.1) is 0 Å². The number of guanidine groups is 4. The summed E-state index contributed by atoms with van der Waals surface area (Å²) in [5.74, 6) is 27.1. The van der Waals surface area contributed by atoms with Gasteiger partial charge in [-0.05, 0) is 213 Å². The number of benzene rings is 6. The zero-order valence-corrected chi connectivity index (χ0v) is 51.7. The fourth-order valence-electron chi connectivity index (χ4n) is 9.21. The Kier molecular flexibility index (Phi) is 30.3. The average Bonchev–Trinajstić information content (AvgIpc) is 3.04. The van der Waals surface area contributed by atoms with E-state index < -0.39 is 0 Å². The van der Waals surface area contributed by atoms with Crippen molar-refractivity contribution in [2.75, 3.05) is 66.5 Å². The van der Waals surface area contributed by atoms with E-state index in [0.29, 0.717) is 78.0 Å². The van der Waals surface area contributed by atoms with Crippen molar-refractivity contribution in [1.82, 2.24) is 15.1 Å². The zero-order chi connectivity index (χ0) is 64.9. The molecule has 7 rings (SSSR count). The van der Waals surface area contributed by atoms with Crippen LogP contribution < -0.4 is 74.1 Å². The molecule has 0 fully saturated rings. The van der Waals surface area contributed by atoms with Crippen molar-refractivity contribution in [3.63, 3.8) is 0 Å². The summed E-state index contributed by atoms with van der Waals surface area (Å²) in [4.78, 5) is 20.4. The molecule has 466 valence electrons. The van der Waals surface area contributed by atoms with E-state index in [9.17, 15) is 0 Å². The largest absolute Gasteiger partial charge is 0.370 e. The molecule has 0 bridgehead atoms. The number of hydrogen-bond donors (Lipinski definition) is 13. The summed E-state index contributed by atoms with van der Waals surface area (Å²) in [7, 11) is 3.53. The summed E-state index contributed by atoms with van der Waals surface area (Å²) >= 11 is 0. The molecule has 1 aromatic heterocycles. The third-order valence-electron chi connectivity index (χ3n) is 13.5. The van der Waals surface area contributed by atoms with Crippen LogP contribution in [0, 0.1) is 47.4 Å². The highest BCUT2D eigenvalue weighted by molar-refractivity contribution is 5.81. The molecule has 7 aromatic rings. The summed E-state index contributed by atoms with van der Waals surface area (Å²) in [5, 5.41) is 6.89. The summed E-state index contributed by atoms with van der Waals surface area (Å²) < 4.78 is 1.67. The Morgan fingerprint density at radius 3 is 0.889 bits per heavy atom. The van der Waals surface area contributed by atoms with Crippen molar-refractivity contribution in [3.8, 4) is 47.4 Å². The molecule has 90 heavy (non-hydrogen) atoms. The van der Waals surface area contributed by atoms with Gasteiger partial charge in [-0.2, -0.15) is 5.10 Å². The van der Waals surface area contributed by atoms with Crippen molar-refractivity contribution in [2.45, 2.75) is 51.4 Å². The molecule has 0 atom stereocenters. The van der Waals surface area contributed by atoms with Crippen LogP contribution in [0.2, 0.25) is 0 Å². The lowest BCUT2D eigenvalue weighted by molar-refractivity contribution is 0.875. The van der Waals surface area contributed by atoms with Gasteiger partial charge in [-0.25, -0.2) is 4.68 Å². The van der Waals surface area contributed by atoms with Gasteiger partial charge in [-0.15, -0.1) is 0 Å². The molecule has 6 aromatic carbocycles. The lowest BCUT2D eigenvalue weighted by Crippen LogP contribution is -2.26. The van der Waals surface area contributed by atoms with Crippen LogP contribution in [0.25, 0.3) is 0 Å². The summed E-state index contributed by atoms with van der Waals surface area (Å²) in [6.45, 7) is 4.38. The van der Waals surface area contributed by atoms with Gasteiger partial charge >= 0.3 is 0 Å². The van der Waals surface area contributed by atoms with E-state index in [1.54, 1.807) is 17.9 Å². The predicted octanol–water partition coefficient (Wildman–Crippen LogP) is 2.18. The molecule has 20 nitrogen and oxygen atoms in total. The second-order valence-electron chi connectivity index (χ2n) is 20.2. The number of hydrogen-bond acceptors (Lipinski definition) is 10. The number of nitrogens with zero attached hydrogens (tertiary/aromatic N) is 7. The molecule has 0 aliphatic carbocycles. The van der Waals surface area contributed by atoms with Crippen LogP contribution in [0.3, 0.4) is 0 Å². The van der Waals surface area contributed by atoms with Gasteiger partial charge < -0.3 is 74.1 Å². The summed E-state index contributed by atoms with van der Waals surface area (Å²) in [6, 6.07) is 42.4. The maximum Gasteiger partial charge on any atom is 0.218 e. The molecule has 0 aliphatic heterocycles. The fraction of sp³-hybridized carbons (Fsp3) is 0.257. The van der Waals surface area contributed by atoms with Crippen molar-refractivity contribution < 1.29 is 0 Å². The van der Waals surface area contributed by atoms with Crippen LogP contribution in [-0.2, 0) is 51.4 Å². The van der Waals surface area contributed by atoms with Gasteiger partial charge in [0.1, 0.15) is 0 Å². The topological polar surface area (TPSA) is 404 Å². The number of nitrogens with one attached hydrogen (secondary N) is 1. The Hall–Kier alpha value is -10.8. The van der Waals surface area contributed by atoms with E-state index in [4.69, 9.17) is 68.8 Å². The minimum Gasteiger partial charge on any atom is -0.370 e. The van der Waals surface area contributed by atoms with Gasteiger partial charge in [0, 0.05) is 97.2 Å². The van der Waals surface area contributed by atoms with E-state index >= 15 is 0 Å². The van der Waals surface area contributed by atoms with E-state index in [2.05, 4.69) is 131 Å². The molecular formula is C70H86N20. The second-order valence-corrected chi connectivity index (χ2v) is 20.2. The Labute approximate surface area is 530 Å². The highest BCUT2D eigenvalue weighted by Gasteiger charge is 2.08. The molecule has 0 unspecified atom stereocenters. The molecule has 0 aliphatic rings. The number of aliphatic imine (C=N–C) groups is 5. The highest BCUT2D eigenvalue weighted by atomic mass is 15.4. The molecule has 0 radical (unpaired) electrons.